The first-order valence-electron chi connectivity index (χ1n) is 10.9. The van der Waals surface area contributed by atoms with Gasteiger partial charge in [-0.25, -0.2) is 9.97 Å². The van der Waals surface area contributed by atoms with Gasteiger partial charge in [0.05, 0.1) is 0 Å². The zero-order valence-corrected chi connectivity index (χ0v) is 18.5. The van der Waals surface area contributed by atoms with Crippen LogP contribution in [0.1, 0.15) is 24.0 Å². The van der Waals surface area contributed by atoms with Gasteiger partial charge in [0.2, 0.25) is 5.95 Å². The minimum atomic E-state index is 0.347. The fourth-order valence-electron chi connectivity index (χ4n) is 4.16. The van der Waals surface area contributed by atoms with Crippen LogP contribution in [0.25, 0.3) is 11.2 Å². The Morgan fingerprint density at radius 1 is 0.968 bits per heavy atom. The molecule has 0 amide bonds. The minimum Gasteiger partial charge on any atom is -0.363 e. The summed E-state index contributed by atoms with van der Waals surface area (Å²) in [5.41, 5.74) is 3.68. The number of nitrogens with zero attached hydrogens (tertiary/aromatic N) is 6. The lowest BCUT2D eigenvalue weighted by Crippen LogP contribution is -2.44. The van der Waals surface area contributed by atoms with Crippen molar-refractivity contribution in [1.29, 1.82) is 0 Å². The summed E-state index contributed by atoms with van der Waals surface area (Å²) in [6, 6.07) is 8.27. The van der Waals surface area contributed by atoms with Crippen LogP contribution in [0, 0.1) is 6.92 Å². The SMILES string of the molecule is Cc1ccccc1CNc1nc2nc(N3CCNCC3)nc(N3CCCC3)c2nc1Cl. The highest BCUT2D eigenvalue weighted by atomic mass is 35.5. The topological polar surface area (TPSA) is 82.1 Å². The number of nitrogens with one attached hydrogen (secondary N) is 2. The van der Waals surface area contributed by atoms with Crippen molar-refractivity contribution >= 4 is 40.3 Å². The summed E-state index contributed by atoms with van der Waals surface area (Å²) in [6.07, 6.45) is 2.32. The van der Waals surface area contributed by atoms with Crippen LogP contribution < -0.4 is 20.4 Å². The maximum atomic E-state index is 6.55. The van der Waals surface area contributed by atoms with Crippen LogP contribution in [0.4, 0.5) is 17.6 Å². The van der Waals surface area contributed by atoms with Gasteiger partial charge in [-0.3, -0.25) is 0 Å². The molecule has 2 aromatic heterocycles. The first kappa shape index (κ1) is 20.2. The van der Waals surface area contributed by atoms with Gasteiger partial charge in [-0.2, -0.15) is 9.97 Å². The molecule has 0 saturated carbocycles. The van der Waals surface area contributed by atoms with Gasteiger partial charge in [0, 0.05) is 45.8 Å². The number of fused-ring (bicyclic) bond motifs is 1. The lowest BCUT2D eigenvalue weighted by Gasteiger charge is -2.28. The molecule has 0 radical (unpaired) electrons. The Balaban J connectivity index is 1.53. The number of piperazine rings is 1. The molecule has 8 nitrogen and oxygen atoms in total. The Hall–Kier alpha value is -2.71. The van der Waals surface area contributed by atoms with Crippen molar-refractivity contribution in [1.82, 2.24) is 25.3 Å². The number of hydrogen-bond acceptors (Lipinski definition) is 8. The van der Waals surface area contributed by atoms with Crippen molar-refractivity contribution < 1.29 is 0 Å². The second-order valence-electron chi connectivity index (χ2n) is 8.09. The Morgan fingerprint density at radius 2 is 1.74 bits per heavy atom. The maximum Gasteiger partial charge on any atom is 0.229 e. The quantitative estimate of drug-likeness (QED) is 0.629. The second-order valence-corrected chi connectivity index (χ2v) is 8.45. The normalized spacial score (nSPS) is 16.8. The fourth-order valence-corrected chi connectivity index (χ4v) is 4.35. The summed E-state index contributed by atoms with van der Waals surface area (Å²) in [5.74, 6) is 2.11. The van der Waals surface area contributed by atoms with E-state index in [0.717, 1.165) is 63.9 Å². The van der Waals surface area contributed by atoms with Gasteiger partial charge in [0.15, 0.2) is 28.0 Å². The molecule has 162 valence electrons. The van der Waals surface area contributed by atoms with Crippen LogP contribution in [-0.2, 0) is 6.54 Å². The van der Waals surface area contributed by atoms with E-state index in [1.807, 2.05) is 12.1 Å². The summed E-state index contributed by atoms with van der Waals surface area (Å²) in [4.78, 5) is 23.7. The molecule has 0 aliphatic carbocycles. The van der Waals surface area contributed by atoms with E-state index in [1.54, 1.807) is 0 Å². The number of benzene rings is 1. The molecule has 4 heterocycles. The van der Waals surface area contributed by atoms with Gasteiger partial charge >= 0.3 is 0 Å². The molecule has 9 heteroatoms. The number of aryl methyl sites for hydroxylation is 1. The van der Waals surface area contributed by atoms with Crippen LogP contribution in [-0.4, -0.2) is 59.2 Å². The highest BCUT2D eigenvalue weighted by molar-refractivity contribution is 6.32. The molecule has 5 rings (SSSR count). The lowest BCUT2D eigenvalue weighted by molar-refractivity contribution is 0.580. The molecule has 0 bridgehead atoms. The van der Waals surface area contributed by atoms with E-state index in [4.69, 9.17) is 26.6 Å². The van der Waals surface area contributed by atoms with Crippen molar-refractivity contribution in [2.24, 2.45) is 0 Å². The molecule has 3 aromatic rings. The molecule has 2 aliphatic rings. The fraction of sp³-hybridized carbons (Fsp3) is 0.455. The minimum absolute atomic E-state index is 0.347. The third-order valence-electron chi connectivity index (χ3n) is 5.97. The number of hydrogen-bond donors (Lipinski definition) is 2. The molecule has 2 saturated heterocycles. The smallest absolute Gasteiger partial charge is 0.229 e. The summed E-state index contributed by atoms with van der Waals surface area (Å²) in [7, 11) is 0. The maximum absolute atomic E-state index is 6.55. The molecule has 0 unspecified atom stereocenters. The Kier molecular flexibility index (Phi) is 5.74. The number of anilines is 3. The summed E-state index contributed by atoms with van der Waals surface area (Å²) in [5, 5.41) is 7.08. The summed E-state index contributed by atoms with van der Waals surface area (Å²) in [6.45, 7) is 8.28. The van der Waals surface area contributed by atoms with E-state index in [-0.39, 0.29) is 0 Å². The van der Waals surface area contributed by atoms with Gasteiger partial charge in [-0.05, 0) is 30.9 Å². The van der Waals surface area contributed by atoms with Crippen molar-refractivity contribution in [2.45, 2.75) is 26.3 Å². The van der Waals surface area contributed by atoms with Crippen molar-refractivity contribution in [3.05, 3.63) is 40.5 Å². The molecule has 2 N–H and O–H groups in total. The molecular formula is C22H27ClN8. The number of rotatable bonds is 5. The predicted octanol–water partition coefficient (Wildman–Crippen LogP) is 3.00. The first-order valence-corrected chi connectivity index (χ1v) is 11.3. The molecule has 0 spiro atoms. The second kappa shape index (κ2) is 8.80. The van der Waals surface area contributed by atoms with Gasteiger partial charge in [0.25, 0.3) is 0 Å². The van der Waals surface area contributed by atoms with Crippen LogP contribution in [0.3, 0.4) is 0 Å². The molecular weight excluding hydrogens is 412 g/mol. The lowest BCUT2D eigenvalue weighted by atomic mass is 10.1. The molecule has 2 aliphatic heterocycles. The van der Waals surface area contributed by atoms with Crippen LogP contribution in [0.15, 0.2) is 24.3 Å². The van der Waals surface area contributed by atoms with Crippen LogP contribution in [0.5, 0.6) is 0 Å². The highest BCUT2D eigenvalue weighted by Crippen LogP contribution is 2.30. The largest absolute Gasteiger partial charge is 0.363 e. The van der Waals surface area contributed by atoms with E-state index in [0.29, 0.717) is 28.7 Å². The first-order chi connectivity index (χ1) is 15.2. The molecule has 31 heavy (non-hydrogen) atoms. The molecule has 1 aromatic carbocycles. The van der Waals surface area contributed by atoms with E-state index in [9.17, 15) is 0 Å². The van der Waals surface area contributed by atoms with E-state index in [1.165, 1.54) is 11.1 Å². The van der Waals surface area contributed by atoms with Crippen molar-refractivity contribution in [3.63, 3.8) is 0 Å². The average molecular weight is 439 g/mol. The zero-order chi connectivity index (χ0) is 21.2. The number of halogens is 1. The standard InChI is InChI=1S/C22H27ClN8/c1-15-6-2-3-7-16(15)14-25-20-18(23)26-17-19(27-20)28-22(31-12-8-24-9-13-31)29-21(17)30-10-4-5-11-30/h2-3,6-7,24H,4-5,8-14H2,1H3,(H,25,27,28,29). The van der Waals surface area contributed by atoms with Gasteiger partial charge in [-0.1, -0.05) is 35.9 Å². The third-order valence-corrected chi connectivity index (χ3v) is 6.23. The van der Waals surface area contributed by atoms with Gasteiger partial charge in [-0.15, -0.1) is 0 Å². The third kappa shape index (κ3) is 4.22. The average Bonchev–Trinajstić information content (AvgIpc) is 3.33. The molecule has 2 fully saturated rings. The highest BCUT2D eigenvalue weighted by Gasteiger charge is 2.24. The predicted molar refractivity (Wildman–Crippen MR) is 125 cm³/mol. The van der Waals surface area contributed by atoms with Crippen LogP contribution >= 0.6 is 11.6 Å². The Labute approximate surface area is 187 Å². The van der Waals surface area contributed by atoms with Gasteiger partial charge < -0.3 is 20.4 Å². The Morgan fingerprint density at radius 3 is 2.52 bits per heavy atom. The number of aromatic nitrogens is 4. The summed E-state index contributed by atoms with van der Waals surface area (Å²) < 4.78 is 0. The molecule has 0 atom stereocenters. The monoisotopic (exact) mass is 438 g/mol. The van der Waals surface area contributed by atoms with Crippen molar-refractivity contribution in [3.8, 4) is 0 Å². The van der Waals surface area contributed by atoms with E-state index < -0.39 is 0 Å². The van der Waals surface area contributed by atoms with E-state index in [2.05, 4.69) is 44.5 Å². The Bertz CT molecular complexity index is 1080. The van der Waals surface area contributed by atoms with Gasteiger partial charge in [0.1, 0.15) is 0 Å². The summed E-state index contributed by atoms with van der Waals surface area (Å²) >= 11 is 6.55. The van der Waals surface area contributed by atoms with Crippen molar-refractivity contribution in [2.75, 3.05) is 54.4 Å². The zero-order valence-electron chi connectivity index (χ0n) is 17.7. The van der Waals surface area contributed by atoms with Crippen LogP contribution in [0.2, 0.25) is 5.15 Å². The van der Waals surface area contributed by atoms with E-state index >= 15 is 0 Å².